The van der Waals surface area contributed by atoms with Crippen molar-refractivity contribution in [2.45, 2.75) is 0 Å². The molecule has 0 aliphatic carbocycles. The van der Waals surface area contributed by atoms with E-state index in [4.69, 9.17) is 0 Å². The molecule has 23 heavy (non-hydrogen) atoms. The lowest BCUT2D eigenvalue weighted by Gasteiger charge is -2.22. The Bertz CT molecular complexity index is 681. The number of sulfonamides is 1. The Balaban J connectivity index is 3.02. The highest BCUT2D eigenvalue weighted by Gasteiger charge is 2.21. The maximum absolute atomic E-state index is 11.9. The Hall–Kier alpha value is -2.35. The minimum atomic E-state index is -3.64. The van der Waals surface area contributed by atoms with Crippen LogP contribution in [0.3, 0.4) is 0 Å². The van der Waals surface area contributed by atoms with E-state index in [9.17, 15) is 18.0 Å². The fourth-order valence-corrected chi connectivity index (χ4v) is 2.66. The summed E-state index contributed by atoms with van der Waals surface area (Å²) in [5, 5.41) is 2.53. The molecular formula is C15H21N3O4S. The molecular weight excluding hydrogens is 318 g/mol. The standard InChI is InChI=1S/C15H21N3O4S/c1-5-10-16-14(19)11-18(23(4,21)22)13-8-6-12(7-9-13)15(20)17(2)3/h5-9H,1,10-11H2,2-4H3,(H,16,19). The monoisotopic (exact) mass is 339 g/mol. The van der Waals surface area contributed by atoms with Crippen LogP contribution in [0, 0.1) is 0 Å². The Kier molecular flexibility index (Phi) is 6.32. The first-order chi connectivity index (χ1) is 10.7. The first-order valence-corrected chi connectivity index (χ1v) is 8.68. The molecule has 0 aliphatic heterocycles. The van der Waals surface area contributed by atoms with Gasteiger partial charge in [-0.2, -0.15) is 0 Å². The maximum atomic E-state index is 11.9. The molecule has 0 radical (unpaired) electrons. The van der Waals surface area contributed by atoms with Crippen molar-refractivity contribution in [2.24, 2.45) is 0 Å². The molecule has 0 fully saturated rings. The average molecular weight is 339 g/mol. The summed E-state index contributed by atoms with van der Waals surface area (Å²) < 4.78 is 24.8. The van der Waals surface area contributed by atoms with Crippen LogP contribution in [0.5, 0.6) is 0 Å². The first kappa shape index (κ1) is 18.7. The van der Waals surface area contributed by atoms with Gasteiger partial charge in [-0.25, -0.2) is 8.42 Å². The van der Waals surface area contributed by atoms with Crippen LogP contribution < -0.4 is 9.62 Å². The summed E-state index contributed by atoms with van der Waals surface area (Å²) in [4.78, 5) is 25.0. The lowest BCUT2D eigenvalue weighted by molar-refractivity contribution is -0.119. The Morgan fingerprint density at radius 2 is 1.78 bits per heavy atom. The molecule has 0 atom stereocenters. The largest absolute Gasteiger partial charge is 0.351 e. The van der Waals surface area contributed by atoms with Crippen LogP contribution in [0.15, 0.2) is 36.9 Å². The minimum Gasteiger partial charge on any atom is -0.351 e. The van der Waals surface area contributed by atoms with Gasteiger partial charge in [0.1, 0.15) is 6.54 Å². The van der Waals surface area contributed by atoms with Gasteiger partial charge in [-0.15, -0.1) is 6.58 Å². The molecule has 0 saturated heterocycles. The Morgan fingerprint density at radius 1 is 1.22 bits per heavy atom. The molecule has 1 aromatic rings. The van der Waals surface area contributed by atoms with Gasteiger partial charge in [0.25, 0.3) is 5.91 Å². The number of carbonyl (C=O) groups excluding carboxylic acids is 2. The molecule has 0 heterocycles. The lowest BCUT2D eigenvalue weighted by atomic mass is 10.2. The number of nitrogens with one attached hydrogen (secondary N) is 1. The zero-order valence-corrected chi connectivity index (χ0v) is 14.3. The number of benzene rings is 1. The third-order valence-electron chi connectivity index (χ3n) is 2.94. The molecule has 126 valence electrons. The van der Waals surface area contributed by atoms with Crippen molar-refractivity contribution in [3.63, 3.8) is 0 Å². The predicted octanol–water partition coefficient (Wildman–Crippen LogP) is 0.457. The molecule has 0 bridgehead atoms. The minimum absolute atomic E-state index is 0.189. The van der Waals surface area contributed by atoms with E-state index in [-0.39, 0.29) is 19.0 Å². The van der Waals surface area contributed by atoms with E-state index in [0.29, 0.717) is 11.3 Å². The van der Waals surface area contributed by atoms with Crippen LogP contribution in [0.1, 0.15) is 10.4 Å². The third kappa shape index (κ3) is 5.41. The number of rotatable bonds is 7. The van der Waals surface area contributed by atoms with Crippen molar-refractivity contribution in [1.82, 2.24) is 10.2 Å². The van der Waals surface area contributed by atoms with Gasteiger partial charge in [-0.3, -0.25) is 13.9 Å². The predicted molar refractivity (Wildman–Crippen MR) is 89.9 cm³/mol. The fraction of sp³-hybridized carbons (Fsp3) is 0.333. The van der Waals surface area contributed by atoms with Crippen LogP contribution in [0.2, 0.25) is 0 Å². The van der Waals surface area contributed by atoms with E-state index in [0.717, 1.165) is 10.6 Å². The van der Waals surface area contributed by atoms with Crippen molar-refractivity contribution < 1.29 is 18.0 Å². The Morgan fingerprint density at radius 3 is 2.22 bits per heavy atom. The summed E-state index contributed by atoms with van der Waals surface area (Å²) in [6.45, 7) is 3.39. The Labute approximate surface area is 136 Å². The van der Waals surface area contributed by atoms with Gasteiger partial charge < -0.3 is 10.2 Å². The summed E-state index contributed by atoms with van der Waals surface area (Å²) >= 11 is 0. The van der Waals surface area contributed by atoms with Crippen LogP contribution in [-0.4, -0.2) is 58.6 Å². The second-order valence-electron chi connectivity index (χ2n) is 5.11. The molecule has 8 heteroatoms. The third-order valence-corrected chi connectivity index (χ3v) is 4.08. The number of anilines is 1. The molecule has 0 saturated carbocycles. The van der Waals surface area contributed by atoms with Gasteiger partial charge in [0.15, 0.2) is 0 Å². The molecule has 0 aromatic heterocycles. The zero-order chi connectivity index (χ0) is 17.6. The smallest absolute Gasteiger partial charge is 0.253 e. The van der Waals surface area contributed by atoms with E-state index < -0.39 is 15.9 Å². The van der Waals surface area contributed by atoms with Gasteiger partial charge in [0, 0.05) is 26.2 Å². The number of hydrogen-bond acceptors (Lipinski definition) is 4. The maximum Gasteiger partial charge on any atom is 0.253 e. The van der Waals surface area contributed by atoms with Gasteiger partial charge in [0.2, 0.25) is 15.9 Å². The molecule has 1 aromatic carbocycles. The van der Waals surface area contributed by atoms with Gasteiger partial charge >= 0.3 is 0 Å². The van der Waals surface area contributed by atoms with Gasteiger partial charge in [-0.05, 0) is 24.3 Å². The van der Waals surface area contributed by atoms with Crippen LogP contribution >= 0.6 is 0 Å². The van der Waals surface area contributed by atoms with E-state index >= 15 is 0 Å². The lowest BCUT2D eigenvalue weighted by Crippen LogP contribution is -2.40. The van der Waals surface area contributed by atoms with E-state index in [1.54, 1.807) is 14.1 Å². The molecule has 7 nitrogen and oxygen atoms in total. The molecule has 0 spiro atoms. The van der Waals surface area contributed by atoms with Gasteiger partial charge in [-0.1, -0.05) is 6.08 Å². The topological polar surface area (TPSA) is 86.8 Å². The van der Waals surface area contributed by atoms with Crippen molar-refractivity contribution in [2.75, 3.05) is 37.7 Å². The second kappa shape index (κ2) is 7.77. The summed E-state index contributed by atoms with van der Waals surface area (Å²) in [5.74, 6) is -0.630. The molecule has 0 aliphatic rings. The fourth-order valence-electron chi connectivity index (χ4n) is 1.80. The van der Waals surface area contributed by atoms with Gasteiger partial charge in [0.05, 0.1) is 11.9 Å². The number of hydrogen-bond donors (Lipinski definition) is 1. The van der Waals surface area contributed by atoms with E-state index in [2.05, 4.69) is 11.9 Å². The number of nitrogens with zero attached hydrogens (tertiary/aromatic N) is 2. The van der Waals surface area contributed by atoms with Crippen molar-refractivity contribution in [3.8, 4) is 0 Å². The summed E-state index contributed by atoms with van der Waals surface area (Å²) in [6.07, 6.45) is 2.52. The number of amides is 2. The number of carbonyl (C=O) groups is 2. The summed E-state index contributed by atoms with van der Waals surface area (Å²) in [7, 11) is -0.380. The first-order valence-electron chi connectivity index (χ1n) is 6.84. The van der Waals surface area contributed by atoms with Crippen molar-refractivity contribution in [1.29, 1.82) is 0 Å². The van der Waals surface area contributed by atoms with Crippen LogP contribution in [-0.2, 0) is 14.8 Å². The highest BCUT2D eigenvalue weighted by Crippen LogP contribution is 2.18. The molecule has 0 unspecified atom stereocenters. The molecule has 1 N–H and O–H groups in total. The SMILES string of the molecule is C=CCNC(=O)CN(c1ccc(C(=O)N(C)C)cc1)S(C)(=O)=O. The normalized spacial score (nSPS) is 10.7. The second-order valence-corrected chi connectivity index (χ2v) is 7.02. The highest BCUT2D eigenvalue weighted by molar-refractivity contribution is 7.92. The van der Waals surface area contributed by atoms with E-state index in [1.165, 1.54) is 35.2 Å². The molecule has 1 rings (SSSR count). The zero-order valence-electron chi connectivity index (χ0n) is 13.4. The van der Waals surface area contributed by atoms with Crippen LogP contribution in [0.25, 0.3) is 0 Å². The average Bonchev–Trinajstić information content (AvgIpc) is 2.48. The van der Waals surface area contributed by atoms with E-state index in [1.807, 2.05) is 0 Å². The van der Waals surface area contributed by atoms with Crippen molar-refractivity contribution in [3.05, 3.63) is 42.5 Å². The quantitative estimate of drug-likeness (QED) is 0.731. The van der Waals surface area contributed by atoms with Crippen LogP contribution in [0.4, 0.5) is 5.69 Å². The van der Waals surface area contributed by atoms with Crippen molar-refractivity contribution >= 4 is 27.5 Å². The summed E-state index contributed by atoms with van der Waals surface area (Å²) in [5.41, 5.74) is 0.750. The summed E-state index contributed by atoms with van der Waals surface area (Å²) in [6, 6.07) is 6.05. The molecule has 2 amide bonds. The highest BCUT2D eigenvalue weighted by atomic mass is 32.2.